The number of isocyanates is 1. The molecule has 0 bridgehead atoms. The average molecular weight is 255 g/mol. The number of hydrogen-bond acceptors (Lipinski definition) is 2. The number of hydrogen-bond donors (Lipinski definition) is 0. The Morgan fingerprint density at radius 3 is 2.44 bits per heavy atom. The van der Waals surface area contributed by atoms with Crippen LogP contribution in [0.2, 0.25) is 0 Å². The monoisotopic (exact) mass is 255 g/mol. The third-order valence-electron chi connectivity index (χ3n) is 3.46. The standard InChI is InChI=1S/C13H12F3NO/c14-11-7-9(3-4-10(11)12(15)16)13(17-8-18)5-1-2-6-13/h3-4,7,12H,1-2,5-6H2. The zero-order valence-corrected chi connectivity index (χ0v) is 9.63. The van der Waals surface area contributed by atoms with E-state index in [0.29, 0.717) is 18.4 Å². The molecule has 0 unspecified atom stereocenters. The van der Waals surface area contributed by atoms with Crippen molar-refractivity contribution in [3.8, 4) is 0 Å². The van der Waals surface area contributed by atoms with Gasteiger partial charge in [0, 0.05) is 0 Å². The SMILES string of the molecule is O=C=NC1(c2ccc(C(F)F)c(F)c2)CCCC1. The van der Waals surface area contributed by atoms with Gasteiger partial charge in [0.15, 0.2) is 0 Å². The average Bonchev–Trinajstić information content (AvgIpc) is 2.78. The molecule has 2 nitrogen and oxygen atoms in total. The maximum absolute atomic E-state index is 13.5. The lowest BCUT2D eigenvalue weighted by Crippen LogP contribution is -2.19. The van der Waals surface area contributed by atoms with Gasteiger partial charge in [-0.1, -0.05) is 25.0 Å². The molecule has 0 saturated heterocycles. The number of rotatable bonds is 3. The molecule has 0 atom stereocenters. The lowest BCUT2D eigenvalue weighted by molar-refractivity contribution is 0.146. The molecule has 0 radical (unpaired) electrons. The molecule has 1 aromatic carbocycles. The number of nitrogens with zero attached hydrogens (tertiary/aromatic N) is 1. The van der Waals surface area contributed by atoms with Gasteiger partial charge in [0.1, 0.15) is 5.82 Å². The largest absolute Gasteiger partial charge is 0.266 e. The van der Waals surface area contributed by atoms with E-state index in [1.165, 1.54) is 12.1 Å². The van der Waals surface area contributed by atoms with Crippen molar-refractivity contribution in [1.29, 1.82) is 0 Å². The van der Waals surface area contributed by atoms with Crippen LogP contribution in [0.1, 0.15) is 43.2 Å². The van der Waals surface area contributed by atoms with Gasteiger partial charge in [0.2, 0.25) is 6.08 Å². The topological polar surface area (TPSA) is 29.4 Å². The van der Waals surface area contributed by atoms with Gasteiger partial charge in [-0.2, -0.15) is 4.99 Å². The van der Waals surface area contributed by atoms with Gasteiger partial charge in [-0.3, -0.25) is 0 Å². The van der Waals surface area contributed by atoms with E-state index in [1.54, 1.807) is 0 Å². The first-order chi connectivity index (χ1) is 8.59. The molecule has 1 fully saturated rings. The molecule has 0 amide bonds. The van der Waals surface area contributed by atoms with Crippen LogP contribution in [0.3, 0.4) is 0 Å². The van der Waals surface area contributed by atoms with E-state index in [4.69, 9.17) is 0 Å². The van der Waals surface area contributed by atoms with Crippen LogP contribution in [0.5, 0.6) is 0 Å². The number of halogens is 3. The van der Waals surface area contributed by atoms with E-state index in [2.05, 4.69) is 4.99 Å². The summed E-state index contributed by atoms with van der Waals surface area (Å²) in [7, 11) is 0. The molecule has 0 N–H and O–H groups in total. The Morgan fingerprint density at radius 2 is 1.94 bits per heavy atom. The van der Waals surface area contributed by atoms with Crippen LogP contribution in [-0.2, 0) is 10.3 Å². The van der Waals surface area contributed by atoms with Crippen LogP contribution in [0.15, 0.2) is 23.2 Å². The van der Waals surface area contributed by atoms with E-state index in [9.17, 15) is 18.0 Å². The predicted octanol–water partition coefficient (Wildman–Crippen LogP) is 3.87. The molecule has 2 rings (SSSR count). The molecular weight excluding hydrogens is 243 g/mol. The Balaban J connectivity index is 2.44. The summed E-state index contributed by atoms with van der Waals surface area (Å²) in [5, 5.41) is 0. The van der Waals surface area contributed by atoms with E-state index >= 15 is 0 Å². The molecule has 0 heterocycles. The quantitative estimate of drug-likeness (QED) is 0.595. The first kappa shape index (κ1) is 12.8. The molecule has 1 saturated carbocycles. The molecule has 0 spiro atoms. The smallest absolute Gasteiger partial charge is 0.211 e. The molecule has 0 aromatic heterocycles. The van der Waals surface area contributed by atoms with Gasteiger partial charge in [0.05, 0.1) is 11.1 Å². The van der Waals surface area contributed by atoms with Crippen molar-refractivity contribution in [1.82, 2.24) is 0 Å². The van der Waals surface area contributed by atoms with Gasteiger partial charge in [0.25, 0.3) is 6.43 Å². The summed E-state index contributed by atoms with van der Waals surface area (Å²) >= 11 is 0. The van der Waals surface area contributed by atoms with Gasteiger partial charge in [-0.05, 0) is 24.5 Å². The first-order valence-corrected chi connectivity index (χ1v) is 5.76. The second-order valence-corrected chi connectivity index (χ2v) is 4.48. The summed E-state index contributed by atoms with van der Waals surface area (Å²) in [6.07, 6.45) is 1.67. The summed E-state index contributed by atoms with van der Waals surface area (Å²) in [5.41, 5.74) is -0.921. The maximum Gasteiger partial charge on any atom is 0.266 e. The third kappa shape index (κ3) is 2.18. The zero-order chi connectivity index (χ0) is 13.2. The Bertz CT molecular complexity index is 489. The van der Waals surface area contributed by atoms with E-state index < -0.39 is 23.3 Å². The van der Waals surface area contributed by atoms with Crippen molar-refractivity contribution in [3.63, 3.8) is 0 Å². The minimum absolute atomic E-state index is 0.477. The molecule has 0 aliphatic heterocycles. The summed E-state index contributed by atoms with van der Waals surface area (Å²) in [5.74, 6) is -0.949. The molecule has 1 aromatic rings. The number of benzene rings is 1. The fourth-order valence-electron chi connectivity index (χ4n) is 2.51. The Labute approximate surface area is 103 Å². The lowest BCUT2D eigenvalue weighted by atomic mass is 9.88. The Hall–Kier alpha value is -1.61. The highest BCUT2D eigenvalue weighted by molar-refractivity contribution is 5.39. The van der Waals surface area contributed by atoms with Crippen LogP contribution >= 0.6 is 0 Å². The Kier molecular flexibility index (Phi) is 3.53. The van der Waals surface area contributed by atoms with Crippen molar-refractivity contribution >= 4 is 6.08 Å². The van der Waals surface area contributed by atoms with Crippen molar-refractivity contribution in [2.24, 2.45) is 4.99 Å². The fourth-order valence-corrected chi connectivity index (χ4v) is 2.51. The van der Waals surface area contributed by atoms with Crippen LogP contribution in [0.25, 0.3) is 0 Å². The molecule has 18 heavy (non-hydrogen) atoms. The van der Waals surface area contributed by atoms with E-state index in [1.807, 2.05) is 0 Å². The fraction of sp³-hybridized carbons (Fsp3) is 0.462. The van der Waals surface area contributed by atoms with Crippen LogP contribution in [-0.4, -0.2) is 6.08 Å². The van der Waals surface area contributed by atoms with Gasteiger partial charge in [-0.15, -0.1) is 0 Å². The Morgan fingerprint density at radius 1 is 1.28 bits per heavy atom. The van der Waals surface area contributed by atoms with Crippen LogP contribution in [0.4, 0.5) is 13.2 Å². The second kappa shape index (κ2) is 4.94. The van der Waals surface area contributed by atoms with Crippen molar-refractivity contribution in [3.05, 3.63) is 35.1 Å². The third-order valence-corrected chi connectivity index (χ3v) is 3.46. The normalized spacial score (nSPS) is 17.8. The maximum atomic E-state index is 13.5. The molecule has 1 aliphatic carbocycles. The summed E-state index contributed by atoms with van der Waals surface area (Å²) in [4.78, 5) is 14.3. The van der Waals surface area contributed by atoms with E-state index in [-0.39, 0.29) is 0 Å². The van der Waals surface area contributed by atoms with E-state index in [0.717, 1.165) is 25.0 Å². The lowest BCUT2D eigenvalue weighted by Gasteiger charge is -2.23. The predicted molar refractivity (Wildman–Crippen MR) is 59.6 cm³/mol. The highest BCUT2D eigenvalue weighted by atomic mass is 19.3. The highest BCUT2D eigenvalue weighted by Crippen LogP contribution is 2.42. The van der Waals surface area contributed by atoms with Crippen LogP contribution < -0.4 is 0 Å². The molecule has 5 heteroatoms. The summed E-state index contributed by atoms with van der Waals surface area (Å²) in [6.45, 7) is 0. The molecule has 1 aliphatic rings. The second-order valence-electron chi connectivity index (χ2n) is 4.48. The van der Waals surface area contributed by atoms with Crippen molar-refractivity contribution < 1.29 is 18.0 Å². The number of alkyl halides is 2. The van der Waals surface area contributed by atoms with Gasteiger partial charge >= 0.3 is 0 Å². The number of carbonyl (C=O) groups excluding carboxylic acids is 1. The minimum atomic E-state index is -2.84. The summed E-state index contributed by atoms with van der Waals surface area (Å²) in [6, 6.07) is 3.56. The summed E-state index contributed by atoms with van der Waals surface area (Å²) < 4.78 is 38.5. The molecule has 96 valence electrons. The van der Waals surface area contributed by atoms with Crippen molar-refractivity contribution in [2.45, 2.75) is 37.6 Å². The minimum Gasteiger partial charge on any atom is -0.211 e. The van der Waals surface area contributed by atoms with Crippen molar-refractivity contribution in [2.75, 3.05) is 0 Å². The highest BCUT2D eigenvalue weighted by Gasteiger charge is 2.36. The van der Waals surface area contributed by atoms with Gasteiger partial charge in [-0.25, -0.2) is 18.0 Å². The molecular formula is C13H12F3NO. The van der Waals surface area contributed by atoms with Gasteiger partial charge < -0.3 is 0 Å². The zero-order valence-electron chi connectivity index (χ0n) is 9.63. The van der Waals surface area contributed by atoms with Crippen LogP contribution in [0, 0.1) is 5.82 Å². The number of aliphatic imine (C=N–C) groups is 1. The first-order valence-electron chi connectivity index (χ1n) is 5.76.